The van der Waals surface area contributed by atoms with E-state index in [0.717, 1.165) is 0 Å². The summed E-state index contributed by atoms with van der Waals surface area (Å²) in [6, 6.07) is 7.41. The van der Waals surface area contributed by atoms with Crippen molar-refractivity contribution in [2.24, 2.45) is 5.10 Å². The maximum Gasteiger partial charge on any atom is 0.281 e. The number of nitrogens with zero attached hydrogens (tertiary/aromatic N) is 1. The first-order valence-electron chi connectivity index (χ1n) is 4.99. The molecule has 1 aromatic heterocycles. The molecule has 2 rings (SSSR count). The lowest BCUT2D eigenvalue weighted by molar-refractivity contribution is 0.0959. The SMILES string of the molecule is O=C(N/N=C/c1ccc(F)cc1Cl)c1cccs1. The van der Waals surface area contributed by atoms with Gasteiger partial charge in [-0.05, 0) is 29.6 Å². The van der Waals surface area contributed by atoms with Gasteiger partial charge in [0.1, 0.15) is 5.82 Å². The van der Waals surface area contributed by atoms with Crippen LogP contribution in [0.2, 0.25) is 5.02 Å². The minimum atomic E-state index is -0.417. The van der Waals surface area contributed by atoms with Crippen LogP contribution in [0.1, 0.15) is 15.2 Å². The summed E-state index contributed by atoms with van der Waals surface area (Å²) in [6.07, 6.45) is 1.37. The second kappa shape index (κ2) is 5.75. The molecule has 0 radical (unpaired) electrons. The van der Waals surface area contributed by atoms with Crippen LogP contribution in [0, 0.1) is 5.82 Å². The van der Waals surface area contributed by atoms with Crippen LogP contribution in [-0.4, -0.2) is 12.1 Å². The number of hydrazone groups is 1. The lowest BCUT2D eigenvalue weighted by atomic mass is 10.2. The van der Waals surface area contributed by atoms with E-state index in [4.69, 9.17) is 11.6 Å². The fourth-order valence-corrected chi connectivity index (χ4v) is 2.06. The van der Waals surface area contributed by atoms with E-state index in [9.17, 15) is 9.18 Å². The van der Waals surface area contributed by atoms with Gasteiger partial charge in [0.2, 0.25) is 0 Å². The molecule has 0 bridgehead atoms. The molecule has 0 unspecified atom stereocenters. The van der Waals surface area contributed by atoms with Crippen molar-refractivity contribution in [2.75, 3.05) is 0 Å². The summed E-state index contributed by atoms with van der Waals surface area (Å²) < 4.78 is 12.8. The second-order valence-corrected chi connectivity index (χ2v) is 4.70. The van der Waals surface area contributed by atoms with Gasteiger partial charge < -0.3 is 0 Å². The van der Waals surface area contributed by atoms with E-state index in [1.807, 2.05) is 0 Å². The number of nitrogens with one attached hydrogen (secondary N) is 1. The quantitative estimate of drug-likeness (QED) is 0.681. The number of amides is 1. The monoisotopic (exact) mass is 282 g/mol. The summed E-state index contributed by atoms with van der Waals surface area (Å²) in [5.41, 5.74) is 2.90. The van der Waals surface area contributed by atoms with Gasteiger partial charge in [-0.25, -0.2) is 9.82 Å². The average Bonchev–Trinajstić information content (AvgIpc) is 2.85. The molecule has 0 aliphatic heterocycles. The number of rotatable bonds is 3. The topological polar surface area (TPSA) is 41.5 Å². The van der Waals surface area contributed by atoms with Crippen molar-refractivity contribution in [3.63, 3.8) is 0 Å². The molecule has 0 fully saturated rings. The highest BCUT2D eigenvalue weighted by Gasteiger charge is 2.04. The standard InChI is InChI=1S/C12H8ClFN2OS/c13-10-6-9(14)4-3-8(10)7-15-16-12(17)11-2-1-5-18-11/h1-7H,(H,16,17)/b15-7+. The molecular weight excluding hydrogens is 275 g/mol. The molecule has 1 N–H and O–H groups in total. The van der Waals surface area contributed by atoms with Crippen LogP contribution in [0.4, 0.5) is 4.39 Å². The van der Waals surface area contributed by atoms with Gasteiger partial charge in [0, 0.05) is 5.56 Å². The van der Waals surface area contributed by atoms with Crippen molar-refractivity contribution in [2.45, 2.75) is 0 Å². The Labute approximate surface area is 112 Å². The molecule has 0 aliphatic carbocycles. The maximum absolute atomic E-state index is 12.8. The normalized spacial score (nSPS) is 10.8. The highest BCUT2D eigenvalue weighted by molar-refractivity contribution is 7.12. The number of hydrogen-bond donors (Lipinski definition) is 1. The number of carbonyl (C=O) groups excluding carboxylic acids is 1. The molecule has 0 atom stereocenters. The van der Waals surface area contributed by atoms with Crippen LogP contribution in [0.15, 0.2) is 40.8 Å². The molecule has 18 heavy (non-hydrogen) atoms. The Kier molecular flexibility index (Phi) is 4.07. The van der Waals surface area contributed by atoms with Gasteiger partial charge in [0.05, 0.1) is 16.1 Å². The Morgan fingerprint density at radius 2 is 2.28 bits per heavy atom. The van der Waals surface area contributed by atoms with Gasteiger partial charge in [-0.3, -0.25) is 4.79 Å². The maximum atomic E-state index is 12.8. The van der Waals surface area contributed by atoms with Crippen LogP contribution in [0.5, 0.6) is 0 Å². The van der Waals surface area contributed by atoms with Crippen LogP contribution in [0.3, 0.4) is 0 Å². The number of benzene rings is 1. The first-order chi connectivity index (χ1) is 8.66. The van der Waals surface area contributed by atoms with Crippen LogP contribution < -0.4 is 5.43 Å². The van der Waals surface area contributed by atoms with Crippen LogP contribution >= 0.6 is 22.9 Å². The first-order valence-corrected chi connectivity index (χ1v) is 6.24. The molecular formula is C12H8ClFN2OS. The van der Waals surface area contributed by atoms with Crippen molar-refractivity contribution in [3.05, 3.63) is 57.0 Å². The van der Waals surface area contributed by atoms with Crippen LogP contribution in [-0.2, 0) is 0 Å². The average molecular weight is 283 g/mol. The van der Waals surface area contributed by atoms with E-state index >= 15 is 0 Å². The smallest absolute Gasteiger partial charge is 0.266 e. The summed E-state index contributed by atoms with van der Waals surface area (Å²) in [5, 5.41) is 5.80. The zero-order chi connectivity index (χ0) is 13.0. The first kappa shape index (κ1) is 12.7. The van der Waals surface area contributed by atoms with Crippen molar-refractivity contribution < 1.29 is 9.18 Å². The van der Waals surface area contributed by atoms with Gasteiger partial charge in [-0.2, -0.15) is 5.10 Å². The minimum absolute atomic E-state index is 0.240. The number of thiophene rings is 1. The molecule has 0 saturated carbocycles. The Balaban J connectivity index is 2.01. The highest BCUT2D eigenvalue weighted by Crippen LogP contribution is 2.15. The van der Waals surface area contributed by atoms with Gasteiger partial charge in [0.25, 0.3) is 5.91 Å². The minimum Gasteiger partial charge on any atom is -0.266 e. The van der Waals surface area contributed by atoms with Gasteiger partial charge in [-0.1, -0.05) is 17.7 Å². The van der Waals surface area contributed by atoms with Gasteiger partial charge in [-0.15, -0.1) is 11.3 Å². The molecule has 0 aliphatic rings. The highest BCUT2D eigenvalue weighted by atomic mass is 35.5. The molecule has 0 spiro atoms. The van der Waals surface area contributed by atoms with Crippen molar-refractivity contribution in [3.8, 4) is 0 Å². The summed E-state index contributed by atoms with van der Waals surface area (Å²) in [4.78, 5) is 12.1. The third kappa shape index (κ3) is 3.15. The summed E-state index contributed by atoms with van der Waals surface area (Å²) >= 11 is 7.12. The van der Waals surface area contributed by atoms with Crippen molar-refractivity contribution in [1.29, 1.82) is 0 Å². The van der Waals surface area contributed by atoms with Crippen molar-refractivity contribution in [1.82, 2.24) is 5.43 Å². The Bertz CT molecular complexity index is 584. The molecule has 3 nitrogen and oxygen atoms in total. The predicted octanol–water partition coefficient (Wildman–Crippen LogP) is 3.30. The van der Waals surface area contributed by atoms with E-state index in [-0.39, 0.29) is 10.9 Å². The lowest BCUT2D eigenvalue weighted by Gasteiger charge is -1.98. The zero-order valence-corrected chi connectivity index (χ0v) is 10.6. The molecule has 0 saturated heterocycles. The van der Waals surface area contributed by atoms with Crippen LogP contribution in [0.25, 0.3) is 0 Å². The molecule has 1 heterocycles. The van der Waals surface area contributed by atoms with E-state index in [1.54, 1.807) is 17.5 Å². The Morgan fingerprint density at radius 1 is 1.44 bits per heavy atom. The second-order valence-electron chi connectivity index (χ2n) is 3.34. The molecule has 6 heteroatoms. The summed E-state index contributed by atoms with van der Waals surface area (Å²) in [6.45, 7) is 0. The third-order valence-electron chi connectivity index (χ3n) is 2.08. The molecule has 92 valence electrons. The van der Waals surface area contributed by atoms with E-state index in [2.05, 4.69) is 10.5 Å². The van der Waals surface area contributed by atoms with E-state index in [0.29, 0.717) is 10.4 Å². The van der Waals surface area contributed by atoms with Crippen molar-refractivity contribution >= 4 is 35.1 Å². The largest absolute Gasteiger partial charge is 0.281 e. The fraction of sp³-hybridized carbons (Fsp3) is 0. The fourth-order valence-electron chi connectivity index (χ4n) is 1.23. The number of hydrogen-bond acceptors (Lipinski definition) is 3. The van der Waals surface area contributed by atoms with E-state index in [1.165, 1.54) is 35.8 Å². The third-order valence-corrected chi connectivity index (χ3v) is 3.27. The molecule has 1 amide bonds. The van der Waals surface area contributed by atoms with Gasteiger partial charge >= 0.3 is 0 Å². The Morgan fingerprint density at radius 3 is 2.94 bits per heavy atom. The number of carbonyl (C=O) groups is 1. The predicted molar refractivity (Wildman–Crippen MR) is 70.8 cm³/mol. The van der Waals surface area contributed by atoms with E-state index < -0.39 is 5.82 Å². The number of halogens is 2. The summed E-state index contributed by atoms with van der Waals surface area (Å²) in [5.74, 6) is -0.709. The summed E-state index contributed by atoms with van der Waals surface area (Å²) in [7, 11) is 0. The molecule has 2 aromatic rings. The molecule has 1 aromatic carbocycles. The van der Waals surface area contributed by atoms with Gasteiger partial charge in [0.15, 0.2) is 0 Å². The Hall–Kier alpha value is -1.72. The zero-order valence-electron chi connectivity index (χ0n) is 9.06. The lowest BCUT2D eigenvalue weighted by Crippen LogP contribution is -2.16.